The molecule has 204 valence electrons. The summed E-state index contributed by atoms with van der Waals surface area (Å²) in [4.78, 5) is 0. The summed E-state index contributed by atoms with van der Waals surface area (Å²) in [5.41, 5.74) is -2.75. The molecule has 10 heteroatoms. The number of benzene rings is 3. The highest BCUT2D eigenvalue weighted by molar-refractivity contribution is 5.64. The van der Waals surface area contributed by atoms with Crippen LogP contribution in [-0.4, -0.2) is 0 Å². The molecule has 1 aliphatic carbocycles. The summed E-state index contributed by atoms with van der Waals surface area (Å²) in [5, 5.41) is 0. The van der Waals surface area contributed by atoms with Gasteiger partial charge < -0.3 is 4.74 Å². The van der Waals surface area contributed by atoms with Gasteiger partial charge in [0.2, 0.25) is 0 Å². The zero-order valence-corrected chi connectivity index (χ0v) is 20.1. The van der Waals surface area contributed by atoms with E-state index < -0.39 is 52.4 Å². The number of ether oxygens (including phenoxy) is 1. The second-order valence-corrected chi connectivity index (χ2v) is 9.63. The van der Waals surface area contributed by atoms with Crippen LogP contribution in [0.4, 0.5) is 39.5 Å². The molecule has 0 saturated heterocycles. The Balaban J connectivity index is 1.58. The van der Waals surface area contributed by atoms with Crippen LogP contribution >= 0.6 is 0 Å². The van der Waals surface area contributed by atoms with E-state index in [4.69, 9.17) is 0 Å². The first-order valence-corrected chi connectivity index (χ1v) is 12.0. The van der Waals surface area contributed by atoms with Crippen molar-refractivity contribution >= 4 is 0 Å². The molecule has 0 bridgehead atoms. The molecule has 0 amide bonds. The molecule has 38 heavy (non-hydrogen) atoms. The van der Waals surface area contributed by atoms with Crippen molar-refractivity contribution in [3.8, 4) is 16.9 Å². The molecule has 3 aromatic carbocycles. The summed E-state index contributed by atoms with van der Waals surface area (Å²) in [6, 6.07) is 8.00. The second kappa shape index (κ2) is 10.5. The summed E-state index contributed by atoms with van der Waals surface area (Å²) in [6.07, 6.45) is -4.80. The Morgan fingerprint density at radius 1 is 0.658 bits per heavy atom. The van der Waals surface area contributed by atoms with E-state index in [1.54, 1.807) is 12.1 Å². The number of rotatable bonds is 5. The van der Waals surface area contributed by atoms with E-state index in [1.165, 1.54) is 0 Å². The first-order valence-electron chi connectivity index (χ1n) is 12.0. The van der Waals surface area contributed by atoms with Crippen molar-refractivity contribution in [2.24, 2.45) is 5.92 Å². The molecule has 1 nitrogen and oxygen atoms in total. The van der Waals surface area contributed by atoms with Crippen molar-refractivity contribution in [3.63, 3.8) is 0 Å². The van der Waals surface area contributed by atoms with E-state index in [9.17, 15) is 39.5 Å². The predicted octanol–water partition coefficient (Wildman–Crippen LogP) is 9.74. The zero-order chi connectivity index (χ0) is 27.8. The van der Waals surface area contributed by atoms with Crippen LogP contribution in [0.15, 0.2) is 48.5 Å². The summed E-state index contributed by atoms with van der Waals surface area (Å²) in [7, 11) is 0. The molecule has 4 rings (SSSR count). The van der Waals surface area contributed by atoms with Crippen LogP contribution in [0.25, 0.3) is 11.1 Å². The standard InChI is InChI=1S/C28H23F9O/c1-15-3-2-4-16(6-5-15)17-7-9-18(10-8-17)19-11-21(29)26(22(30)12-19)28(36,37)38-20-13-23(31)25(24(32)14-20)27(33,34)35/h7-16H,2-6H2,1H3. The van der Waals surface area contributed by atoms with Crippen molar-refractivity contribution in [1.82, 2.24) is 0 Å². The van der Waals surface area contributed by atoms with Crippen LogP contribution in [0.1, 0.15) is 61.6 Å². The smallest absolute Gasteiger partial charge is 0.429 e. The van der Waals surface area contributed by atoms with Crippen molar-refractivity contribution in [1.29, 1.82) is 0 Å². The molecule has 0 N–H and O–H groups in total. The quantitative estimate of drug-likeness (QED) is 0.229. The third-order valence-corrected chi connectivity index (χ3v) is 6.85. The molecule has 2 atom stereocenters. The maximum absolute atomic E-state index is 14.7. The van der Waals surface area contributed by atoms with Gasteiger partial charge in [-0.1, -0.05) is 50.5 Å². The van der Waals surface area contributed by atoms with Gasteiger partial charge in [-0.3, -0.25) is 0 Å². The first kappa shape index (κ1) is 27.9. The van der Waals surface area contributed by atoms with Crippen molar-refractivity contribution in [2.75, 3.05) is 0 Å². The molecule has 0 spiro atoms. The highest BCUT2D eigenvalue weighted by Gasteiger charge is 2.43. The highest BCUT2D eigenvalue weighted by Crippen LogP contribution is 2.40. The predicted molar refractivity (Wildman–Crippen MR) is 123 cm³/mol. The number of halogens is 9. The SMILES string of the molecule is CC1CCCC(c2ccc(-c3cc(F)c(C(F)(F)Oc4cc(F)c(C(F)(F)F)c(F)c4)c(F)c3)cc2)CC1. The van der Waals surface area contributed by atoms with Gasteiger partial charge in [0.1, 0.15) is 40.1 Å². The monoisotopic (exact) mass is 546 g/mol. The fourth-order valence-corrected chi connectivity index (χ4v) is 4.86. The molecule has 0 aliphatic heterocycles. The van der Waals surface area contributed by atoms with Crippen LogP contribution in [0.2, 0.25) is 0 Å². The summed E-state index contributed by atoms with van der Waals surface area (Å²) >= 11 is 0. The molecular formula is C28H23F9O. The maximum Gasteiger partial charge on any atom is 0.432 e. The Hall–Kier alpha value is -3.17. The van der Waals surface area contributed by atoms with Gasteiger partial charge in [-0.05, 0) is 53.5 Å². The van der Waals surface area contributed by atoms with E-state index >= 15 is 0 Å². The van der Waals surface area contributed by atoms with Gasteiger partial charge in [0.05, 0.1) is 0 Å². The minimum absolute atomic E-state index is 0.0350. The highest BCUT2D eigenvalue weighted by atomic mass is 19.4. The lowest BCUT2D eigenvalue weighted by Crippen LogP contribution is -2.25. The molecule has 1 aliphatic rings. The van der Waals surface area contributed by atoms with Crippen molar-refractivity contribution in [3.05, 3.63) is 88.5 Å². The lowest BCUT2D eigenvalue weighted by atomic mass is 9.90. The minimum Gasteiger partial charge on any atom is -0.429 e. The van der Waals surface area contributed by atoms with Gasteiger partial charge in [-0.25, -0.2) is 17.6 Å². The molecular weight excluding hydrogens is 523 g/mol. The van der Waals surface area contributed by atoms with Gasteiger partial charge in [-0.15, -0.1) is 0 Å². The number of alkyl halides is 5. The van der Waals surface area contributed by atoms with E-state index in [0.29, 0.717) is 29.5 Å². The van der Waals surface area contributed by atoms with Crippen LogP contribution < -0.4 is 4.74 Å². The Kier molecular flexibility index (Phi) is 7.72. The molecule has 2 unspecified atom stereocenters. The van der Waals surface area contributed by atoms with Crippen LogP contribution in [-0.2, 0) is 12.3 Å². The lowest BCUT2D eigenvalue weighted by Gasteiger charge is -2.21. The van der Waals surface area contributed by atoms with Gasteiger partial charge in [0.25, 0.3) is 0 Å². The Morgan fingerprint density at radius 3 is 1.76 bits per heavy atom. The molecule has 1 fully saturated rings. The number of hydrogen-bond donors (Lipinski definition) is 0. The minimum atomic E-state index is -5.43. The molecule has 0 aromatic heterocycles. The largest absolute Gasteiger partial charge is 0.432 e. The summed E-state index contributed by atoms with van der Waals surface area (Å²) in [6.45, 7) is 2.22. The van der Waals surface area contributed by atoms with E-state index in [-0.39, 0.29) is 17.7 Å². The number of hydrogen-bond acceptors (Lipinski definition) is 1. The fraction of sp³-hybridized carbons (Fsp3) is 0.357. The average Bonchev–Trinajstić information content (AvgIpc) is 3.01. The molecule has 0 heterocycles. The van der Waals surface area contributed by atoms with E-state index in [1.807, 2.05) is 12.1 Å². The Bertz CT molecular complexity index is 1250. The Morgan fingerprint density at radius 2 is 1.21 bits per heavy atom. The van der Waals surface area contributed by atoms with Gasteiger partial charge in [0, 0.05) is 12.1 Å². The maximum atomic E-state index is 14.7. The van der Waals surface area contributed by atoms with Crippen LogP contribution in [0.5, 0.6) is 5.75 Å². The first-order chi connectivity index (χ1) is 17.8. The van der Waals surface area contributed by atoms with Crippen molar-refractivity contribution in [2.45, 2.75) is 57.2 Å². The molecule has 1 saturated carbocycles. The summed E-state index contributed by atoms with van der Waals surface area (Å²) < 4.78 is 128. The van der Waals surface area contributed by atoms with E-state index in [0.717, 1.165) is 37.7 Å². The zero-order valence-electron chi connectivity index (χ0n) is 20.1. The summed E-state index contributed by atoms with van der Waals surface area (Å²) in [5.74, 6) is -8.23. The second-order valence-electron chi connectivity index (χ2n) is 9.63. The Labute approximate surface area is 213 Å². The molecule has 0 radical (unpaired) electrons. The molecule has 3 aromatic rings. The lowest BCUT2D eigenvalue weighted by molar-refractivity contribution is -0.189. The third kappa shape index (κ3) is 5.94. The average molecular weight is 546 g/mol. The van der Waals surface area contributed by atoms with Gasteiger partial charge >= 0.3 is 12.3 Å². The van der Waals surface area contributed by atoms with Gasteiger partial charge in [0.15, 0.2) is 0 Å². The van der Waals surface area contributed by atoms with Crippen LogP contribution in [0.3, 0.4) is 0 Å². The van der Waals surface area contributed by atoms with Gasteiger partial charge in [-0.2, -0.15) is 22.0 Å². The topological polar surface area (TPSA) is 9.23 Å². The normalized spacial score (nSPS) is 18.8. The fourth-order valence-electron chi connectivity index (χ4n) is 4.86. The van der Waals surface area contributed by atoms with Crippen molar-refractivity contribution < 1.29 is 44.3 Å². The third-order valence-electron chi connectivity index (χ3n) is 6.85. The van der Waals surface area contributed by atoms with E-state index in [2.05, 4.69) is 11.7 Å². The van der Waals surface area contributed by atoms with Crippen LogP contribution in [0, 0.1) is 29.2 Å².